The van der Waals surface area contributed by atoms with Crippen molar-refractivity contribution >= 4 is 15.9 Å². The number of H-pyrrole nitrogens is 1. The highest BCUT2D eigenvalue weighted by Gasteiger charge is 2.12. The van der Waals surface area contributed by atoms with Crippen molar-refractivity contribution in [3.05, 3.63) is 57.9 Å². The predicted octanol–water partition coefficient (Wildman–Crippen LogP) is 0.369. The van der Waals surface area contributed by atoms with Gasteiger partial charge in [-0.3, -0.25) is 9.59 Å². The van der Waals surface area contributed by atoms with Gasteiger partial charge in [0.1, 0.15) is 5.56 Å². The molecule has 1 aromatic carbocycles. The summed E-state index contributed by atoms with van der Waals surface area (Å²) in [5.74, 6) is -1.04. The summed E-state index contributed by atoms with van der Waals surface area (Å²) in [5.41, 5.74) is 1.85. The number of primary sulfonamides is 1. The van der Waals surface area contributed by atoms with Crippen LogP contribution in [-0.4, -0.2) is 31.6 Å². The van der Waals surface area contributed by atoms with Gasteiger partial charge in [-0.05, 0) is 30.7 Å². The van der Waals surface area contributed by atoms with Crippen LogP contribution in [0.1, 0.15) is 15.9 Å². The van der Waals surface area contributed by atoms with Crippen molar-refractivity contribution in [1.29, 1.82) is 0 Å². The third-order valence-electron chi connectivity index (χ3n) is 3.16. The molecule has 2 rings (SSSR count). The molecule has 1 amide bonds. The molecule has 0 bridgehead atoms. The third-order valence-corrected chi connectivity index (χ3v) is 3.93. The van der Waals surface area contributed by atoms with E-state index < -0.39 is 27.2 Å². The van der Waals surface area contributed by atoms with Crippen molar-refractivity contribution in [3.8, 4) is 11.3 Å². The van der Waals surface area contributed by atoms with Crippen molar-refractivity contribution in [1.82, 2.24) is 10.3 Å². The average Bonchev–Trinajstić information content (AvgIpc) is 2.45. The van der Waals surface area contributed by atoms with Gasteiger partial charge in [-0.2, -0.15) is 0 Å². The number of aryl methyl sites for hydroxylation is 1. The SMILES string of the molecule is Cc1cccc(-c2ccc(C(=O)NCCS(N)(=O)=O)c(=O)[nH]2)c1. The van der Waals surface area contributed by atoms with E-state index in [4.69, 9.17) is 5.14 Å². The number of benzene rings is 1. The summed E-state index contributed by atoms with van der Waals surface area (Å²) >= 11 is 0. The van der Waals surface area contributed by atoms with Gasteiger partial charge in [0.25, 0.3) is 11.5 Å². The van der Waals surface area contributed by atoms with E-state index in [1.54, 1.807) is 6.07 Å². The number of hydrogen-bond donors (Lipinski definition) is 3. The summed E-state index contributed by atoms with van der Waals surface area (Å²) in [6.07, 6.45) is 0. The smallest absolute Gasteiger partial charge is 0.261 e. The normalized spacial score (nSPS) is 11.2. The van der Waals surface area contributed by atoms with Crippen LogP contribution in [0.2, 0.25) is 0 Å². The molecule has 0 unspecified atom stereocenters. The molecule has 7 nitrogen and oxygen atoms in total. The number of aromatic amines is 1. The molecule has 0 saturated carbocycles. The zero-order chi connectivity index (χ0) is 17.0. The van der Waals surface area contributed by atoms with E-state index in [-0.39, 0.29) is 12.1 Å². The molecule has 1 aromatic heterocycles. The van der Waals surface area contributed by atoms with Crippen LogP contribution in [0.3, 0.4) is 0 Å². The highest BCUT2D eigenvalue weighted by molar-refractivity contribution is 7.89. The maximum Gasteiger partial charge on any atom is 0.261 e. The molecule has 122 valence electrons. The van der Waals surface area contributed by atoms with Gasteiger partial charge in [0.05, 0.1) is 5.75 Å². The lowest BCUT2D eigenvalue weighted by molar-refractivity contribution is 0.0954. The fourth-order valence-corrected chi connectivity index (χ4v) is 2.42. The Balaban J connectivity index is 2.16. The molecule has 0 aliphatic rings. The first-order valence-electron chi connectivity index (χ1n) is 6.85. The summed E-state index contributed by atoms with van der Waals surface area (Å²) in [6.45, 7) is 1.78. The van der Waals surface area contributed by atoms with E-state index in [1.807, 2.05) is 31.2 Å². The number of aromatic nitrogens is 1. The Bertz CT molecular complexity index is 888. The second-order valence-electron chi connectivity index (χ2n) is 5.11. The van der Waals surface area contributed by atoms with Crippen LogP contribution in [0.5, 0.6) is 0 Å². The van der Waals surface area contributed by atoms with Gasteiger partial charge in [-0.25, -0.2) is 13.6 Å². The molecule has 1 heterocycles. The number of amides is 1. The summed E-state index contributed by atoms with van der Waals surface area (Å²) < 4.78 is 21.6. The number of rotatable bonds is 5. The van der Waals surface area contributed by atoms with Gasteiger partial charge >= 0.3 is 0 Å². The molecule has 23 heavy (non-hydrogen) atoms. The van der Waals surface area contributed by atoms with Crippen LogP contribution in [0.25, 0.3) is 11.3 Å². The zero-order valence-electron chi connectivity index (χ0n) is 12.5. The van der Waals surface area contributed by atoms with Crippen molar-refractivity contribution in [2.24, 2.45) is 5.14 Å². The molecule has 4 N–H and O–H groups in total. The largest absolute Gasteiger partial charge is 0.351 e. The Morgan fingerprint density at radius 1 is 1.26 bits per heavy atom. The Hall–Kier alpha value is -2.45. The number of carbonyl (C=O) groups excluding carboxylic acids is 1. The first kappa shape index (κ1) is 16.9. The van der Waals surface area contributed by atoms with Crippen LogP contribution in [-0.2, 0) is 10.0 Å². The Kier molecular flexibility index (Phi) is 4.97. The maximum atomic E-state index is 12.0. The predicted molar refractivity (Wildman–Crippen MR) is 87.5 cm³/mol. The summed E-state index contributed by atoms with van der Waals surface area (Å²) in [7, 11) is -3.66. The fraction of sp³-hybridized carbons (Fsp3) is 0.200. The minimum Gasteiger partial charge on any atom is -0.351 e. The van der Waals surface area contributed by atoms with Crippen LogP contribution < -0.4 is 16.0 Å². The topological polar surface area (TPSA) is 122 Å². The summed E-state index contributed by atoms with van der Waals surface area (Å²) in [4.78, 5) is 26.6. The van der Waals surface area contributed by atoms with Crippen molar-refractivity contribution in [3.63, 3.8) is 0 Å². The minimum absolute atomic E-state index is 0.0872. The Morgan fingerprint density at radius 3 is 2.61 bits per heavy atom. The lowest BCUT2D eigenvalue weighted by atomic mass is 10.1. The Labute approximate surface area is 133 Å². The van der Waals surface area contributed by atoms with Gasteiger partial charge < -0.3 is 10.3 Å². The molecular weight excluding hydrogens is 318 g/mol. The standard InChI is InChI=1S/C15H17N3O4S/c1-10-3-2-4-11(9-10)13-6-5-12(15(20)18-13)14(19)17-7-8-23(16,21)22/h2-6,9H,7-8H2,1H3,(H,17,19)(H,18,20)(H2,16,21,22). The molecule has 8 heteroatoms. The van der Waals surface area contributed by atoms with Crippen molar-refractivity contribution in [2.45, 2.75) is 6.92 Å². The average molecular weight is 335 g/mol. The van der Waals surface area contributed by atoms with Gasteiger partial charge in [-0.15, -0.1) is 0 Å². The van der Waals surface area contributed by atoms with Gasteiger partial charge in [0.15, 0.2) is 0 Å². The van der Waals surface area contributed by atoms with Gasteiger partial charge in [0, 0.05) is 12.2 Å². The maximum absolute atomic E-state index is 12.0. The number of nitrogens with two attached hydrogens (primary N) is 1. The number of sulfonamides is 1. The highest BCUT2D eigenvalue weighted by atomic mass is 32.2. The van der Waals surface area contributed by atoms with Crippen LogP contribution in [0, 0.1) is 6.92 Å². The highest BCUT2D eigenvalue weighted by Crippen LogP contribution is 2.16. The van der Waals surface area contributed by atoms with E-state index in [9.17, 15) is 18.0 Å². The fourth-order valence-electron chi connectivity index (χ4n) is 2.04. The lowest BCUT2D eigenvalue weighted by Gasteiger charge is -2.06. The first-order chi connectivity index (χ1) is 10.8. The van der Waals surface area contributed by atoms with Crippen LogP contribution in [0.15, 0.2) is 41.2 Å². The van der Waals surface area contributed by atoms with Crippen LogP contribution >= 0.6 is 0 Å². The second kappa shape index (κ2) is 6.76. The first-order valence-corrected chi connectivity index (χ1v) is 8.57. The molecule has 0 atom stereocenters. The van der Waals surface area contributed by atoms with Crippen molar-refractivity contribution < 1.29 is 13.2 Å². The number of hydrogen-bond acceptors (Lipinski definition) is 4. The van der Waals surface area contributed by atoms with Crippen LogP contribution in [0.4, 0.5) is 0 Å². The molecule has 0 radical (unpaired) electrons. The number of carbonyl (C=O) groups is 1. The molecule has 0 aliphatic carbocycles. The molecule has 0 aliphatic heterocycles. The van der Waals surface area contributed by atoms with Gasteiger partial charge in [0.2, 0.25) is 10.0 Å². The number of pyridine rings is 1. The summed E-state index contributed by atoms with van der Waals surface area (Å²) in [6, 6.07) is 10.6. The van der Waals surface area contributed by atoms with Crippen molar-refractivity contribution in [2.75, 3.05) is 12.3 Å². The van der Waals surface area contributed by atoms with E-state index in [2.05, 4.69) is 10.3 Å². The third kappa shape index (κ3) is 4.76. The van der Waals surface area contributed by atoms with E-state index in [0.29, 0.717) is 5.69 Å². The quantitative estimate of drug-likeness (QED) is 0.730. The summed E-state index contributed by atoms with van der Waals surface area (Å²) in [5, 5.41) is 7.19. The molecule has 0 saturated heterocycles. The van der Waals surface area contributed by atoms with Gasteiger partial charge in [-0.1, -0.05) is 23.8 Å². The van der Waals surface area contributed by atoms with E-state index >= 15 is 0 Å². The monoisotopic (exact) mass is 335 g/mol. The molecule has 0 fully saturated rings. The number of nitrogens with one attached hydrogen (secondary N) is 2. The zero-order valence-corrected chi connectivity index (χ0v) is 13.3. The lowest BCUT2D eigenvalue weighted by Crippen LogP contribution is -2.34. The molecule has 2 aromatic rings. The molecule has 0 spiro atoms. The van der Waals surface area contributed by atoms with E-state index in [0.717, 1.165) is 11.1 Å². The Morgan fingerprint density at radius 2 is 2.00 bits per heavy atom. The molecular formula is C15H17N3O4S. The second-order valence-corrected chi connectivity index (χ2v) is 6.84. The van der Waals surface area contributed by atoms with E-state index in [1.165, 1.54) is 6.07 Å². The minimum atomic E-state index is -3.66.